The van der Waals surface area contributed by atoms with E-state index in [1.54, 1.807) is 0 Å². The number of nitrogens with one attached hydrogen (secondary N) is 3. The van der Waals surface area contributed by atoms with Gasteiger partial charge in [0.2, 0.25) is 11.8 Å². The van der Waals surface area contributed by atoms with Crippen LogP contribution in [0.1, 0.15) is 32.6 Å². The van der Waals surface area contributed by atoms with Crippen molar-refractivity contribution in [1.82, 2.24) is 16.0 Å². The lowest BCUT2D eigenvalue weighted by atomic mass is 10.1. The van der Waals surface area contributed by atoms with Crippen LogP contribution in [-0.2, 0) is 9.59 Å². The smallest absolute Gasteiger partial charge is 0.239 e. The molecule has 100 valence electrons. The van der Waals surface area contributed by atoms with Crippen molar-refractivity contribution < 1.29 is 9.59 Å². The van der Waals surface area contributed by atoms with E-state index in [0.717, 1.165) is 25.8 Å². The predicted octanol–water partition coefficient (Wildman–Crippen LogP) is 0.193. The molecular weight excluding hydrogens is 242 g/mol. The lowest BCUT2D eigenvalue weighted by Gasteiger charge is -2.10. The zero-order valence-corrected chi connectivity index (χ0v) is 11.1. The second-order valence-electron chi connectivity index (χ2n) is 4.12. The van der Waals surface area contributed by atoms with Crippen molar-refractivity contribution in [2.75, 3.05) is 19.6 Å². The molecule has 1 heterocycles. The Morgan fingerprint density at radius 3 is 2.65 bits per heavy atom. The summed E-state index contributed by atoms with van der Waals surface area (Å²) in [5.74, 6) is -0.166. The molecule has 1 unspecified atom stereocenters. The molecule has 17 heavy (non-hydrogen) atoms. The van der Waals surface area contributed by atoms with Crippen molar-refractivity contribution in [3.63, 3.8) is 0 Å². The highest BCUT2D eigenvalue weighted by Crippen LogP contribution is 2.07. The number of amides is 2. The number of hydrogen-bond acceptors (Lipinski definition) is 3. The number of hydrogen-bond donors (Lipinski definition) is 3. The fraction of sp³-hybridized carbons (Fsp3) is 0.818. The summed E-state index contributed by atoms with van der Waals surface area (Å²) >= 11 is 0. The molecule has 0 saturated carbocycles. The van der Waals surface area contributed by atoms with Crippen LogP contribution < -0.4 is 16.0 Å². The Balaban J connectivity index is 0.00000256. The summed E-state index contributed by atoms with van der Waals surface area (Å²) in [6.45, 7) is 3.74. The molecule has 1 fully saturated rings. The van der Waals surface area contributed by atoms with Gasteiger partial charge in [-0.25, -0.2) is 0 Å². The average molecular weight is 264 g/mol. The minimum Gasteiger partial charge on any atom is -0.355 e. The third-order valence-electron chi connectivity index (χ3n) is 2.61. The Morgan fingerprint density at radius 2 is 2.06 bits per heavy atom. The highest BCUT2D eigenvalue weighted by Gasteiger charge is 2.17. The van der Waals surface area contributed by atoms with Crippen LogP contribution in [0.2, 0.25) is 0 Å². The average Bonchev–Trinajstić information content (AvgIpc) is 2.76. The molecule has 6 heteroatoms. The van der Waals surface area contributed by atoms with Gasteiger partial charge in [-0.2, -0.15) is 0 Å². The molecule has 0 aromatic heterocycles. The van der Waals surface area contributed by atoms with E-state index < -0.39 is 0 Å². The molecule has 3 N–H and O–H groups in total. The van der Waals surface area contributed by atoms with Gasteiger partial charge in [0, 0.05) is 19.0 Å². The maximum atomic E-state index is 11.4. The Bertz CT molecular complexity index is 243. The van der Waals surface area contributed by atoms with Gasteiger partial charge in [0.15, 0.2) is 0 Å². The normalized spacial score (nSPS) is 18.3. The van der Waals surface area contributed by atoms with E-state index in [1.165, 1.54) is 0 Å². The van der Waals surface area contributed by atoms with Crippen molar-refractivity contribution in [1.29, 1.82) is 0 Å². The molecule has 1 saturated heterocycles. The molecule has 0 spiro atoms. The van der Waals surface area contributed by atoms with Crippen LogP contribution in [0.4, 0.5) is 0 Å². The summed E-state index contributed by atoms with van der Waals surface area (Å²) in [6, 6.07) is 0.290. The van der Waals surface area contributed by atoms with E-state index >= 15 is 0 Å². The largest absolute Gasteiger partial charge is 0.355 e. The molecule has 0 aromatic carbocycles. The Labute approximate surface area is 109 Å². The summed E-state index contributed by atoms with van der Waals surface area (Å²) in [6.07, 6.45) is 3.57. The lowest BCUT2D eigenvalue weighted by Crippen LogP contribution is -2.39. The molecule has 1 atom stereocenters. The molecule has 1 aliphatic heterocycles. The minimum absolute atomic E-state index is 0. The first-order valence-corrected chi connectivity index (χ1v) is 5.99. The third kappa shape index (κ3) is 7.18. The topological polar surface area (TPSA) is 70.2 Å². The number of carbonyl (C=O) groups excluding carboxylic acids is 2. The fourth-order valence-corrected chi connectivity index (χ4v) is 1.73. The molecule has 1 aliphatic rings. The van der Waals surface area contributed by atoms with Crippen molar-refractivity contribution in [2.45, 2.75) is 38.6 Å². The third-order valence-corrected chi connectivity index (χ3v) is 2.61. The van der Waals surface area contributed by atoms with Crippen LogP contribution in [-0.4, -0.2) is 37.5 Å². The van der Waals surface area contributed by atoms with Crippen LogP contribution in [0.3, 0.4) is 0 Å². The summed E-state index contributed by atoms with van der Waals surface area (Å²) in [5, 5.41) is 8.59. The predicted molar refractivity (Wildman–Crippen MR) is 69.2 cm³/mol. The van der Waals surface area contributed by atoms with Crippen LogP contribution >= 0.6 is 12.4 Å². The lowest BCUT2D eigenvalue weighted by molar-refractivity contribution is -0.126. The molecule has 2 amide bonds. The molecule has 0 radical (unpaired) electrons. The fourth-order valence-electron chi connectivity index (χ4n) is 1.73. The van der Waals surface area contributed by atoms with Crippen molar-refractivity contribution in [3.8, 4) is 0 Å². The zero-order chi connectivity index (χ0) is 11.8. The van der Waals surface area contributed by atoms with Crippen molar-refractivity contribution in [3.05, 3.63) is 0 Å². The quantitative estimate of drug-likeness (QED) is 0.641. The maximum Gasteiger partial charge on any atom is 0.239 e. The van der Waals surface area contributed by atoms with E-state index in [9.17, 15) is 9.59 Å². The second kappa shape index (κ2) is 9.24. The van der Waals surface area contributed by atoms with Gasteiger partial charge in [-0.05, 0) is 25.8 Å². The van der Waals surface area contributed by atoms with Gasteiger partial charge in [0.25, 0.3) is 0 Å². The summed E-state index contributed by atoms with van der Waals surface area (Å²) < 4.78 is 0. The van der Waals surface area contributed by atoms with Gasteiger partial charge in [-0.1, -0.05) is 6.92 Å². The van der Waals surface area contributed by atoms with Crippen LogP contribution in [0, 0.1) is 0 Å². The summed E-state index contributed by atoms with van der Waals surface area (Å²) in [7, 11) is 0. The Hall–Kier alpha value is -0.810. The molecule has 1 rings (SSSR count). The first-order valence-electron chi connectivity index (χ1n) is 5.99. The maximum absolute atomic E-state index is 11.4. The van der Waals surface area contributed by atoms with E-state index in [2.05, 4.69) is 16.0 Å². The van der Waals surface area contributed by atoms with Gasteiger partial charge in [0.1, 0.15) is 0 Å². The number of halogens is 1. The zero-order valence-electron chi connectivity index (χ0n) is 10.3. The Kier molecular flexibility index (Phi) is 8.80. The van der Waals surface area contributed by atoms with E-state index in [1.807, 2.05) is 6.92 Å². The first-order chi connectivity index (χ1) is 7.72. The second-order valence-corrected chi connectivity index (χ2v) is 4.12. The van der Waals surface area contributed by atoms with E-state index in [0.29, 0.717) is 19.0 Å². The van der Waals surface area contributed by atoms with Gasteiger partial charge >= 0.3 is 0 Å². The van der Waals surface area contributed by atoms with Crippen molar-refractivity contribution >= 4 is 24.2 Å². The summed E-state index contributed by atoms with van der Waals surface area (Å²) in [4.78, 5) is 22.6. The molecule has 0 aliphatic carbocycles. The monoisotopic (exact) mass is 263 g/mol. The number of carbonyl (C=O) groups is 2. The molecular formula is C11H22ClN3O2. The van der Waals surface area contributed by atoms with Crippen LogP contribution in [0.15, 0.2) is 0 Å². The minimum atomic E-state index is -0.116. The Morgan fingerprint density at radius 1 is 1.29 bits per heavy atom. The van der Waals surface area contributed by atoms with Gasteiger partial charge < -0.3 is 16.0 Å². The van der Waals surface area contributed by atoms with Gasteiger partial charge in [0.05, 0.1) is 6.54 Å². The van der Waals surface area contributed by atoms with E-state index in [4.69, 9.17) is 0 Å². The standard InChI is InChI=1S/C11H21N3O2.ClH/c1-2-5-13-11(16)8-14-10(15)7-9-4-3-6-12-9;/h9,12H,2-8H2,1H3,(H,13,16)(H,14,15);1H. The van der Waals surface area contributed by atoms with Crippen molar-refractivity contribution in [2.24, 2.45) is 0 Å². The SMILES string of the molecule is CCCNC(=O)CNC(=O)CC1CCCN1.Cl. The summed E-state index contributed by atoms with van der Waals surface area (Å²) in [5.41, 5.74) is 0. The van der Waals surface area contributed by atoms with Crippen LogP contribution in [0.25, 0.3) is 0 Å². The van der Waals surface area contributed by atoms with Gasteiger partial charge in [-0.15, -0.1) is 12.4 Å². The molecule has 5 nitrogen and oxygen atoms in total. The highest BCUT2D eigenvalue weighted by atomic mass is 35.5. The first kappa shape index (κ1) is 16.2. The van der Waals surface area contributed by atoms with E-state index in [-0.39, 0.29) is 30.8 Å². The highest BCUT2D eigenvalue weighted by molar-refractivity contribution is 5.85. The molecule has 0 aromatic rings. The molecule has 0 bridgehead atoms. The van der Waals surface area contributed by atoms with Gasteiger partial charge in [-0.3, -0.25) is 9.59 Å². The van der Waals surface area contributed by atoms with Crippen LogP contribution in [0.5, 0.6) is 0 Å². The number of rotatable bonds is 6.